The van der Waals surface area contributed by atoms with Crippen molar-refractivity contribution in [3.63, 3.8) is 0 Å². The van der Waals surface area contributed by atoms with E-state index in [2.05, 4.69) is 0 Å². The molecule has 4 heteroatoms. The van der Waals surface area contributed by atoms with E-state index in [1.165, 1.54) is 6.92 Å². The van der Waals surface area contributed by atoms with Gasteiger partial charge in [0, 0.05) is 25.2 Å². The molecular formula is C13H20O4. The predicted molar refractivity (Wildman–Crippen MR) is 61.3 cm³/mol. The third-order valence-electron chi connectivity index (χ3n) is 4.55. The van der Waals surface area contributed by atoms with Gasteiger partial charge in [0.1, 0.15) is 11.9 Å². The number of hydrogen-bond donors (Lipinski definition) is 1. The number of hydrogen-bond acceptors (Lipinski definition) is 4. The average Bonchev–Trinajstić information content (AvgIpc) is 2.21. The number of aliphatic hydroxyl groups is 1. The van der Waals surface area contributed by atoms with Crippen LogP contribution >= 0.6 is 0 Å². The minimum atomic E-state index is -0.985. The first-order valence-electron chi connectivity index (χ1n) is 6.29. The summed E-state index contributed by atoms with van der Waals surface area (Å²) in [6, 6.07) is 0. The van der Waals surface area contributed by atoms with E-state index < -0.39 is 11.0 Å². The molecule has 0 unspecified atom stereocenters. The zero-order valence-electron chi connectivity index (χ0n) is 10.5. The highest BCUT2D eigenvalue weighted by Gasteiger charge is 2.57. The third-order valence-corrected chi connectivity index (χ3v) is 4.55. The first-order chi connectivity index (χ1) is 7.87. The topological polar surface area (TPSA) is 63.6 Å². The molecule has 17 heavy (non-hydrogen) atoms. The lowest BCUT2D eigenvalue weighted by Crippen LogP contribution is -2.60. The zero-order valence-corrected chi connectivity index (χ0v) is 10.5. The highest BCUT2D eigenvalue weighted by atomic mass is 16.5. The van der Waals surface area contributed by atoms with E-state index in [-0.39, 0.29) is 24.3 Å². The van der Waals surface area contributed by atoms with Crippen LogP contribution in [0, 0.1) is 5.41 Å². The maximum atomic E-state index is 11.5. The predicted octanol–water partition coefficient (Wildman–Crippen LogP) is 1.59. The molecule has 0 saturated heterocycles. The summed E-state index contributed by atoms with van der Waals surface area (Å²) in [5.41, 5.74) is -1.45. The van der Waals surface area contributed by atoms with Crippen molar-refractivity contribution in [3.05, 3.63) is 0 Å². The molecule has 2 rings (SSSR count). The molecule has 0 radical (unpaired) electrons. The lowest BCUT2D eigenvalue weighted by atomic mass is 9.56. The van der Waals surface area contributed by atoms with Gasteiger partial charge < -0.3 is 9.84 Å². The smallest absolute Gasteiger partial charge is 0.302 e. The molecular weight excluding hydrogens is 220 g/mol. The van der Waals surface area contributed by atoms with Crippen LogP contribution in [-0.2, 0) is 14.3 Å². The molecule has 0 aliphatic heterocycles. The van der Waals surface area contributed by atoms with Crippen molar-refractivity contribution in [2.75, 3.05) is 0 Å². The first kappa shape index (κ1) is 12.6. The van der Waals surface area contributed by atoms with Crippen LogP contribution in [0.5, 0.6) is 0 Å². The Morgan fingerprint density at radius 3 is 2.82 bits per heavy atom. The summed E-state index contributed by atoms with van der Waals surface area (Å²) in [7, 11) is 0. The van der Waals surface area contributed by atoms with Crippen LogP contribution in [0.25, 0.3) is 0 Å². The number of ketones is 1. The van der Waals surface area contributed by atoms with Gasteiger partial charge >= 0.3 is 5.97 Å². The molecule has 0 aromatic rings. The van der Waals surface area contributed by atoms with Gasteiger partial charge in [0.2, 0.25) is 0 Å². The van der Waals surface area contributed by atoms with Gasteiger partial charge in [-0.15, -0.1) is 0 Å². The molecule has 0 amide bonds. The summed E-state index contributed by atoms with van der Waals surface area (Å²) >= 11 is 0. The van der Waals surface area contributed by atoms with Crippen LogP contribution in [0.1, 0.15) is 52.4 Å². The monoisotopic (exact) mass is 240 g/mol. The van der Waals surface area contributed by atoms with Crippen molar-refractivity contribution in [3.8, 4) is 0 Å². The van der Waals surface area contributed by atoms with Gasteiger partial charge in [-0.05, 0) is 25.7 Å². The number of Topliss-reactive ketones (excluding diaryl/α,β-unsaturated/α-hetero) is 1. The second-order valence-corrected chi connectivity index (χ2v) is 5.65. The van der Waals surface area contributed by atoms with Crippen molar-refractivity contribution < 1.29 is 19.4 Å². The van der Waals surface area contributed by atoms with Gasteiger partial charge in [0.15, 0.2) is 0 Å². The van der Waals surface area contributed by atoms with Crippen LogP contribution in [0.2, 0.25) is 0 Å². The highest BCUT2D eigenvalue weighted by Crippen LogP contribution is 2.53. The van der Waals surface area contributed by atoms with E-state index in [1.807, 2.05) is 6.92 Å². The SMILES string of the molecule is CC(=O)O[C@@H]1CCC[C@]2(O)CC(=O)CC[C@]12C. The Morgan fingerprint density at radius 1 is 1.47 bits per heavy atom. The molecule has 0 heterocycles. The average molecular weight is 240 g/mol. The molecule has 0 spiro atoms. The summed E-state index contributed by atoms with van der Waals surface area (Å²) < 4.78 is 5.35. The number of esters is 1. The molecule has 0 aromatic heterocycles. The fourth-order valence-electron chi connectivity index (χ4n) is 3.37. The van der Waals surface area contributed by atoms with Crippen molar-refractivity contribution in [2.45, 2.75) is 64.1 Å². The summed E-state index contributed by atoms with van der Waals surface area (Å²) in [4.78, 5) is 22.7. The highest BCUT2D eigenvalue weighted by molar-refractivity contribution is 5.81. The third kappa shape index (κ3) is 1.99. The molecule has 0 bridgehead atoms. The minimum absolute atomic E-state index is 0.119. The molecule has 2 aliphatic carbocycles. The second-order valence-electron chi connectivity index (χ2n) is 5.65. The van der Waals surface area contributed by atoms with Crippen molar-refractivity contribution >= 4 is 11.8 Å². The molecule has 96 valence electrons. The van der Waals surface area contributed by atoms with Crippen LogP contribution < -0.4 is 0 Å². The van der Waals surface area contributed by atoms with Gasteiger partial charge in [-0.25, -0.2) is 0 Å². The molecule has 2 aliphatic rings. The summed E-state index contributed by atoms with van der Waals surface area (Å²) in [6.07, 6.45) is 3.27. The van der Waals surface area contributed by atoms with Crippen molar-refractivity contribution in [2.24, 2.45) is 5.41 Å². The Hall–Kier alpha value is -0.900. The van der Waals surface area contributed by atoms with Gasteiger partial charge in [0.25, 0.3) is 0 Å². The zero-order chi connectivity index (χ0) is 12.7. The summed E-state index contributed by atoms with van der Waals surface area (Å²) in [5.74, 6) is -0.189. The largest absolute Gasteiger partial charge is 0.462 e. The fraction of sp³-hybridized carbons (Fsp3) is 0.846. The Bertz CT molecular complexity index is 351. The van der Waals surface area contributed by atoms with Crippen molar-refractivity contribution in [1.29, 1.82) is 0 Å². The fourth-order valence-corrected chi connectivity index (χ4v) is 3.37. The minimum Gasteiger partial charge on any atom is -0.462 e. The number of rotatable bonds is 1. The van der Waals surface area contributed by atoms with Gasteiger partial charge in [-0.1, -0.05) is 6.92 Å². The van der Waals surface area contributed by atoms with Gasteiger partial charge in [-0.2, -0.15) is 0 Å². The lowest BCUT2D eigenvalue weighted by Gasteiger charge is -2.54. The van der Waals surface area contributed by atoms with Gasteiger partial charge in [-0.3, -0.25) is 9.59 Å². The molecule has 2 saturated carbocycles. The van der Waals surface area contributed by atoms with Crippen LogP contribution in [0.3, 0.4) is 0 Å². The normalized spacial score (nSPS) is 41.8. The Balaban J connectivity index is 2.27. The Labute approximate surface area is 101 Å². The van der Waals surface area contributed by atoms with E-state index in [0.29, 0.717) is 19.3 Å². The lowest BCUT2D eigenvalue weighted by molar-refractivity contribution is -0.202. The number of fused-ring (bicyclic) bond motifs is 1. The number of carbonyl (C=O) groups excluding carboxylic acids is 2. The quantitative estimate of drug-likeness (QED) is 0.707. The van der Waals surface area contributed by atoms with Crippen LogP contribution in [0.4, 0.5) is 0 Å². The first-order valence-corrected chi connectivity index (χ1v) is 6.29. The molecule has 1 N–H and O–H groups in total. The molecule has 0 aromatic carbocycles. The van der Waals surface area contributed by atoms with E-state index in [9.17, 15) is 14.7 Å². The Kier molecular flexibility index (Phi) is 3.02. The van der Waals surface area contributed by atoms with Crippen molar-refractivity contribution in [1.82, 2.24) is 0 Å². The van der Waals surface area contributed by atoms with E-state index >= 15 is 0 Å². The molecule has 4 nitrogen and oxygen atoms in total. The summed E-state index contributed by atoms with van der Waals surface area (Å²) in [5, 5.41) is 10.7. The molecule has 2 fully saturated rings. The number of carbonyl (C=O) groups is 2. The second kappa shape index (κ2) is 4.09. The standard InChI is InChI=1S/C13H20O4/c1-9(14)17-11-4-3-6-13(16)8-10(15)5-7-12(11,13)2/h11,16H,3-8H2,1-2H3/t11-,12-,13+/m1/s1. The Morgan fingerprint density at radius 2 is 2.18 bits per heavy atom. The molecule has 3 atom stereocenters. The van der Waals surface area contributed by atoms with E-state index in [1.54, 1.807) is 0 Å². The van der Waals surface area contributed by atoms with Crippen LogP contribution in [-0.4, -0.2) is 28.6 Å². The maximum absolute atomic E-state index is 11.5. The summed E-state index contributed by atoms with van der Waals surface area (Å²) in [6.45, 7) is 3.34. The van der Waals surface area contributed by atoms with Gasteiger partial charge in [0.05, 0.1) is 5.60 Å². The number of ether oxygens (including phenoxy) is 1. The van der Waals surface area contributed by atoms with E-state index in [4.69, 9.17) is 4.74 Å². The van der Waals surface area contributed by atoms with Crippen LogP contribution in [0.15, 0.2) is 0 Å². The van der Waals surface area contributed by atoms with E-state index in [0.717, 1.165) is 12.8 Å². The maximum Gasteiger partial charge on any atom is 0.302 e.